The zero-order valence-electron chi connectivity index (χ0n) is 38.9. The van der Waals surface area contributed by atoms with Crippen LogP contribution in [0.2, 0.25) is 0 Å². The molecule has 3 heteroatoms. The molecule has 13 aromatic rings. The molecule has 0 saturated carbocycles. The molecular formula is C67H46N2O. The third-order valence-corrected chi connectivity index (χ3v) is 15.0. The van der Waals surface area contributed by atoms with E-state index in [4.69, 9.17) is 4.42 Å². The summed E-state index contributed by atoms with van der Waals surface area (Å²) in [6, 6.07) is 88.8. The monoisotopic (exact) mass is 894 g/mol. The molecule has 14 rings (SSSR count). The Kier molecular flexibility index (Phi) is 8.93. The molecule has 1 aliphatic carbocycles. The highest BCUT2D eigenvalue weighted by Gasteiger charge is 2.36. The van der Waals surface area contributed by atoms with Gasteiger partial charge in [-0.3, -0.25) is 0 Å². The first-order valence-electron chi connectivity index (χ1n) is 24.3. The van der Waals surface area contributed by atoms with Crippen LogP contribution in [-0.2, 0) is 5.41 Å². The van der Waals surface area contributed by atoms with Gasteiger partial charge in [-0.2, -0.15) is 0 Å². The molecule has 330 valence electrons. The third-order valence-electron chi connectivity index (χ3n) is 15.0. The topological polar surface area (TPSA) is 21.3 Å². The number of nitrogens with zero attached hydrogens (tertiary/aromatic N) is 2. The van der Waals surface area contributed by atoms with Gasteiger partial charge in [0.2, 0.25) is 0 Å². The Balaban J connectivity index is 1.07. The van der Waals surface area contributed by atoms with Crippen molar-refractivity contribution in [2.24, 2.45) is 0 Å². The van der Waals surface area contributed by atoms with E-state index in [9.17, 15) is 0 Å². The molecule has 11 aromatic carbocycles. The number of hydrogen-bond donors (Lipinski definition) is 0. The van der Waals surface area contributed by atoms with Crippen LogP contribution in [-0.4, -0.2) is 4.57 Å². The molecule has 1 aliphatic rings. The van der Waals surface area contributed by atoms with Crippen molar-refractivity contribution >= 4 is 71.6 Å². The highest BCUT2D eigenvalue weighted by atomic mass is 16.3. The van der Waals surface area contributed by atoms with Gasteiger partial charge in [-0.05, 0) is 98.8 Å². The first kappa shape index (κ1) is 40.2. The molecule has 2 aromatic heterocycles. The number of hydrogen-bond acceptors (Lipinski definition) is 2. The molecule has 3 nitrogen and oxygen atoms in total. The second-order valence-corrected chi connectivity index (χ2v) is 19.2. The standard InChI is InChI=1S/C67H46N2O/c1-67(2)58-31-12-5-24-49(58)50-39-38-44(40-59(50)67)47-23-6-13-32-60(47)68(61-33-14-7-25-51(61)48-30-19-21-43-20-3-4-22-46(43)48)45-41-56(66-57(42-45)55-29-11-18-37-65(55)70-66)54-28-10-17-36-64(54)69-62-34-15-8-26-52(62)53-27-9-16-35-63(53)69/h3-42H,1-2H3. The molecule has 0 amide bonds. The van der Waals surface area contributed by atoms with E-state index in [0.29, 0.717) is 0 Å². The SMILES string of the molecule is CC1(C)c2ccccc2-c2ccc(-c3ccccc3N(c3cc(-c4ccccc4-n4c5ccccc5c5ccccc54)c4oc5ccccc5c4c3)c3ccccc3-c3cccc4ccccc34)cc21. The van der Waals surface area contributed by atoms with E-state index in [0.717, 1.165) is 78.0 Å². The third kappa shape index (κ3) is 6.01. The maximum absolute atomic E-state index is 7.03. The second kappa shape index (κ2) is 15.6. The molecule has 0 radical (unpaired) electrons. The molecule has 0 N–H and O–H groups in total. The highest BCUT2D eigenvalue weighted by molar-refractivity contribution is 6.14. The van der Waals surface area contributed by atoms with E-state index in [1.165, 1.54) is 54.9 Å². The van der Waals surface area contributed by atoms with Crippen LogP contribution in [0.25, 0.3) is 105 Å². The van der Waals surface area contributed by atoms with Gasteiger partial charge in [-0.1, -0.05) is 202 Å². The molecule has 0 spiro atoms. The lowest BCUT2D eigenvalue weighted by Crippen LogP contribution is -2.15. The minimum absolute atomic E-state index is 0.149. The minimum Gasteiger partial charge on any atom is -0.455 e. The predicted octanol–water partition coefficient (Wildman–Crippen LogP) is 18.6. The number of anilines is 3. The number of fused-ring (bicyclic) bond motifs is 10. The van der Waals surface area contributed by atoms with Crippen molar-refractivity contribution in [1.82, 2.24) is 4.57 Å². The normalized spacial score (nSPS) is 12.8. The summed E-state index contributed by atoms with van der Waals surface area (Å²) in [5.41, 5.74) is 20.2. The van der Waals surface area contributed by atoms with E-state index < -0.39 is 0 Å². The van der Waals surface area contributed by atoms with E-state index in [2.05, 4.69) is 266 Å². The molecule has 0 atom stereocenters. The first-order chi connectivity index (χ1) is 34.5. The summed E-state index contributed by atoms with van der Waals surface area (Å²) in [5.74, 6) is 0. The van der Waals surface area contributed by atoms with Gasteiger partial charge in [0.1, 0.15) is 11.2 Å². The fraction of sp³-hybridized carbons (Fsp3) is 0.0448. The number of furan rings is 1. The van der Waals surface area contributed by atoms with Crippen LogP contribution < -0.4 is 4.90 Å². The number of para-hydroxylation sites is 6. The number of rotatable bonds is 7. The van der Waals surface area contributed by atoms with Crippen molar-refractivity contribution in [3.8, 4) is 50.2 Å². The fourth-order valence-electron chi connectivity index (χ4n) is 11.8. The van der Waals surface area contributed by atoms with Gasteiger partial charge in [-0.15, -0.1) is 0 Å². The highest BCUT2D eigenvalue weighted by Crippen LogP contribution is 2.53. The second-order valence-electron chi connectivity index (χ2n) is 19.2. The quantitative estimate of drug-likeness (QED) is 0.159. The lowest BCUT2D eigenvalue weighted by molar-refractivity contribution is 0.660. The first-order valence-corrected chi connectivity index (χ1v) is 24.3. The van der Waals surface area contributed by atoms with E-state index in [1.807, 2.05) is 0 Å². The van der Waals surface area contributed by atoms with E-state index in [1.54, 1.807) is 0 Å². The van der Waals surface area contributed by atoms with Crippen LogP contribution in [0, 0.1) is 0 Å². The largest absolute Gasteiger partial charge is 0.455 e. The molecule has 0 bridgehead atoms. The summed E-state index contributed by atoms with van der Waals surface area (Å²) < 4.78 is 9.46. The van der Waals surface area contributed by atoms with Crippen LogP contribution in [0.5, 0.6) is 0 Å². The molecule has 0 unspecified atom stereocenters. The smallest absolute Gasteiger partial charge is 0.143 e. The van der Waals surface area contributed by atoms with Gasteiger partial charge in [-0.25, -0.2) is 0 Å². The lowest BCUT2D eigenvalue weighted by Gasteiger charge is -2.31. The zero-order valence-corrected chi connectivity index (χ0v) is 38.9. The van der Waals surface area contributed by atoms with Gasteiger partial charge in [0.15, 0.2) is 0 Å². The summed E-state index contributed by atoms with van der Waals surface area (Å²) in [6.45, 7) is 4.73. The molecule has 0 fully saturated rings. The van der Waals surface area contributed by atoms with Crippen LogP contribution in [0.1, 0.15) is 25.0 Å². The Bertz CT molecular complexity index is 4180. The molecule has 70 heavy (non-hydrogen) atoms. The Hall–Kier alpha value is -8.92. The van der Waals surface area contributed by atoms with Crippen LogP contribution in [0.3, 0.4) is 0 Å². The maximum atomic E-state index is 7.03. The van der Waals surface area contributed by atoms with Crippen LogP contribution >= 0.6 is 0 Å². The number of benzene rings is 11. The summed E-state index contributed by atoms with van der Waals surface area (Å²) in [6.07, 6.45) is 0. The summed E-state index contributed by atoms with van der Waals surface area (Å²) in [5, 5.41) is 7.00. The Morgan fingerprint density at radius 3 is 1.71 bits per heavy atom. The molecule has 2 heterocycles. The van der Waals surface area contributed by atoms with Gasteiger partial charge in [0, 0.05) is 54.9 Å². The van der Waals surface area contributed by atoms with Gasteiger partial charge in [0.05, 0.1) is 28.1 Å². The van der Waals surface area contributed by atoms with Gasteiger partial charge >= 0.3 is 0 Å². The lowest BCUT2D eigenvalue weighted by atomic mass is 9.81. The average Bonchev–Trinajstić information content (AvgIpc) is 4.04. The average molecular weight is 895 g/mol. The maximum Gasteiger partial charge on any atom is 0.143 e. The zero-order chi connectivity index (χ0) is 46.5. The molecule has 0 saturated heterocycles. The van der Waals surface area contributed by atoms with Gasteiger partial charge < -0.3 is 13.9 Å². The van der Waals surface area contributed by atoms with Crippen molar-refractivity contribution < 1.29 is 4.42 Å². The van der Waals surface area contributed by atoms with E-state index >= 15 is 0 Å². The Morgan fingerprint density at radius 1 is 0.371 bits per heavy atom. The summed E-state index contributed by atoms with van der Waals surface area (Å²) in [7, 11) is 0. The van der Waals surface area contributed by atoms with Crippen molar-refractivity contribution in [3.63, 3.8) is 0 Å². The molecular weight excluding hydrogens is 849 g/mol. The summed E-state index contributed by atoms with van der Waals surface area (Å²) >= 11 is 0. The van der Waals surface area contributed by atoms with Crippen molar-refractivity contribution in [1.29, 1.82) is 0 Å². The fourth-order valence-corrected chi connectivity index (χ4v) is 11.8. The van der Waals surface area contributed by atoms with Crippen molar-refractivity contribution in [3.05, 3.63) is 254 Å². The number of aromatic nitrogens is 1. The molecule has 0 aliphatic heterocycles. The Labute approximate surface area is 406 Å². The Morgan fingerprint density at radius 2 is 0.929 bits per heavy atom. The van der Waals surface area contributed by atoms with Crippen molar-refractivity contribution in [2.75, 3.05) is 4.90 Å². The summed E-state index contributed by atoms with van der Waals surface area (Å²) in [4.78, 5) is 2.51. The van der Waals surface area contributed by atoms with Crippen molar-refractivity contribution in [2.45, 2.75) is 19.3 Å². The minimum atomic E-state index is -0.149. The van der Waals surface area contributed by atoms with Gasteiger partial charge in [0.25, 0.3) is 0 Å². The van der Waals surface area contributed by atoms with E-state index in [-0.39, 0.29) is 5.41 Å². The predicted molar refractivity (Wildman–Crippen MR) is 294 cm³/mol. The van der Waals surface area contributed by atoms with Crippen LogP contribution in [0.15, 0.2) is 247 Å². The van der Waals surface area contributed by atoms with Crippen LogP contribution in [0.4, 0.5) is 17.1 Å².